The van der Waals surface area contributed by atoms with Gasteiger partial charge in [0.15, 0.2) is 0 Å². The third kappa shape index (κ3) is 4.69. The molecule has 0 aliphatic carbocycles. The number of aryl methyl sites for hydroxylation is 1. The first-order valence-corrected chi connectivity index (χ1v) is 7.50. The summed E-state index contributed by atoms with van der Waals surface area (Å²) >= 11 is 0. The SMILES string of the molecule is COCCN1CCN(Cc2ccc(C)cc2C(F)(F)F)CC1. The molecule has 22 heavy (non-hydrogen) atoms. The van der Waals surface area contributed by atoms with Crippen molar-refractivity contribution in [3.05, 3.63) is 34.9 Å². The molecule has 3 nitrogen and oxygen atoms in total. The van der Waals surface area contributed by atoms with Gasteiger partial charge in [-0.25, -0.2) is 0 Å². The fourth-order valence-electron chi connectivity index (χ4n) is 2.72. The quantitative estimate of drug-likeness (QED) is 0.831. The van der Waals surface area contributed by atoms with Crippen molar-refractivity contribution in [3.63, 3.8) is 0 Å². The standard InChI is InChI=1S/C16H23F3N2O/c1-13-3-4-14(15(11-13)16(17,18)19)12-21-7-5-20(6-8-21)9-10-22-2/h3-4,11H,5-10,12H2,1-2H3. The number of piperazine rings is 1. The van der Waals surface area contributed by atoms with Crippen LogP contribution >= 0.6 is 0 Å². The number of nitrogens with zero attached hydrogens (tertiary/aromatic N) is 2. The minimum absolute atomic E-state index is 0.354. The number of hydrogen-bond acceptors (Lipinski definition) is 3. The predicted octanol–water partition coefficient (Wildman–Crippen LogP) is 2.78. The predicted molar refractivity (Wildman–Crippen MR) is 79.8 cm³/mol. The number of benzene rings is 1. The van der Waals surface area contributed by atoms with E-state index in [4.69, 9.17) is 4.74 Å². The lowest BCUT2D eigenvalue weighted by molar-refractivity contribution is -0.138. The van der Waals surface area contributed by atoms with Gasteiger partial charge < -0.3 is 4.74 Å². The lowest BCUT2D eigenvalue weighted by atomic mass is 10.0. The zero-order valence-electron chi connectivity index (χ0n) is 13.1. The summed E-state index contributed by atoms with van der Waals surface area (Å²) in [6.07, 6.45) is -4.29. The Morgan fingerprint density at radius 3 is 2.32 bits per heavy atom. The highest BCUT2D eigenvalue weighted by Crippen LogP contribution is 2.33. The number of rotatable bonds is 5. The van der Waals surface area contributed by atoms with Crippen LogP contribution < -0.4 is 0 Å². The van der Waals surface area contributed by atoms with Crippen molar-refractivity contribution in [1.29, 1.82) is 0 Å². The molecule has 1 saturated heterocycles. The molecule has 2 rings (SSSR count). The van der Waals surface area contributed by atoms with Crippen molar-refractivity contribution >= 4 is 0 Å². The van der Waals surface area contributed by atoms with Crippen LogP contribution in [0, 0.1) is 6.92 Å². The average molecular weight is 316 g/mol. The van der Waals surface area contributed by atoms with Crippen LogP contribution in [0.3, 0.4) is 0 Å². The molecule has 124 valence electrons. The van der Waals surface area contributed by atoms with E-state index in [-0.39, 0.29) is 0 Å². The van der Waals surface area contributed by atoms with Gasteiger partial charge in [0.05, 0.1) is 12.2 Å². The second kappa shape index (κ2) is 7.44. The van der Waals surface area contributed by atoms with Gasteiger partial charge in [-0.1, -0.05) is 17.7 Å². The Labute approximate surface area is 129 Å². The normalized spacial score (nSPS) is 17.9. The van der Waals surface area contributed by atoms with Crippen molar-refractivity contribution < 1.29 is 17.9 Å². The molecule has 1 heterocycles. The second-order valence-electron chi connectivity index (χ2n) is 5.77. The molecule has 1 aromatic rings. The maximum absolute atomic E-state index is 13.1. The zero-order valence-corrected chi connectivity index (χ0v) is 13.1. The maximum atomic E-state index is 13.1. The van der Waals surface area contributed by atoms with Crippen LogP contribution in [0.2, 0.25) is 0 Å². The highest BCUT2D eigenvalue weighted by molar-refractivity contribution is 5.33. The van der Waals surface area contributed by atoms with Crippen molar-refractivity contribution in [2.75, 3.05) is 46.4 Å². The molecule has 1 aromatic carbocycles. The molecule has 0 amide bonds. The highest BCUT2D eigenvalue weighted by Gasteiger charge is 2.33. The van der Waals surface area contributed by atoms with Crippen molar-refractivity contribution in [2.24, 2.45) is 0 Å². The van der Waals surface area contributed by atoms with E-state index in [9.17, 15) is 13.2 Å². The molecule has 1 aliphatic rings. The fourth-order valence-corrected chi connectivity index (χ4v) is 2.72. The van der Waals surface area contributed by atoms with Crippen LogP contribution in [0.15, 0.2) is 18.2 Å². The lowest BCUT2D eigenvalue weighted by Crippen LogP contribution is -2.46. The largest absolute Gasteiger partial charge is 0.416 e. The summed E-state index contributed by atoms with van der Waals surface area (Å²) in [5, 5.41) is 0. The van der Waals surface area contributed by atoms with Gasteiger partial charge in [0.25, 0.3) is 0 Å². The maximum Gasteiger partial charge on any atom is 0.416 e. The molecule has 0 spiro atoms. The Bertz CT molecular complexity index is 483. The summed E-state index contributed by atoms with van der Waals surface area (Å²) in [4.78, 5) is 4.36. The second-order valence-corrected chi connectivity index (χ2v) is 5.77. The average Bonchev–Trinajstić information content (AvgIpc) is 2.47. The topological polar surface area (TPSA) is 15.7 Å². The van der Waals surface area contributed by atoms with E-state index in [0.29, 0.717) is 24.3 Å². The van der Waals surface area contributed by atoms with Crippen LogP contribution in [-0.2, 0) is 17.5 Å². The molecule has 0 bridgehead atoms. The van der Waals surface area contributed by atoms with Gasteiger partial charge >= 0.3 is 6.18 Å². The van der Waals surface area contributed by atoms with E-state index in [1.54, 1.807) is 26.2 Å². The van der Waals surface area contributed by atoms with Crippen LogP contribution in [0.1, 0.15) is 16.7 Å². The fraction of sp³-hybridized carbons (Fsp3) is 0.625. The van der Waals surface area contributed by atoms with E-state index in [1.807, 2.05) is 0 Å². The zero-order chi connectivity index (χ0) is 16.2. The molecule has 0 unspecified atom stereocenters. The first-order valence-electron chi connectivity index (χ1n) is 7.50. The Balaban J connectivity index is 1.98. The smallest absolute Gasteiger partial charge is 0.383 e. The summed E-state index contributed by atoms with van der Waals surface area (Å²) in [5.74, 6) is 0. The summed E-state index contributed by atoms with van der Waals surface area (Å²) in [6.45, 7) is 6.93. The molecule has 1 aliphatic heterocycles. The highest BCUT2D eigenvalue weighted by atomic mass is 19.4. The van der Waals surface area contributed by atoms with E-state index < -0.39 is 11.7 Å². The monoisotopic (exact) mass is 316 g/mol. The third-order valence-corrected chi connectivity index (χ3v) is 4.04. The summed E-state index contributed by atoms with van der Waals surface area (Å²) < 4.78 is 44.5. The molecule has 1 fully saturated rings. The molecule has 0 radical (unpaired) electrons. The molecule has 0 N–H and O–H groups in total. The molecule has 6 heteroatoms. The van der Waals surface area contributed by atoms with Crippen LogP contribution in [0.25, 0.3) is 0 Å². The van der Waals surface area contributed by atoms with Crippen LogP contribution in [0.5, 0.6) is 0 Å². The van der Waals surface area contributed by atoms with Gasteiger partial charge in [-0.3, -0.25) is 9.80 Å². The van der Waals surface area contributed by atoms with Gasteiger partial charge in [0.2, 0.25) is 0 Å². The number of halogens is 3. The minimum Gasteiger partial charge on any atom is -0.383 e. The summed E-state index contributed by atoms with van der Waals surface area (Å²) in [7, 11) is 1.67. The minimum atomic E-state index is -4.29. The molecular weight excluding hydrogens is 293 g/mol. The van der Waals surface area contributed by atoms with Crippen LogP contribution in [-0.4, -0.2) is 56.2 Å². The number of methoxy groups -OCH3 is 1. The Hall–Kier alpha value is -1.11. The molecule has 0 atom stereocenters. The van der Waals surface area contributed by atoms with Gasteiger partial charge in [-0.05, 0) is 18.6 Å². The lowest BCUT2D eigenvalue weighted by Gasteiger charge is -2.35. The summed E-state index contributed by atoms with van der Waals surface area (Å²) in [6, 6.07) is 4.60. The summed E-state index contributed by atoms with van der Waals surface area (Å²) in [5.41, 5.74) is 0.498. The van der Waals surface area contributed by atoms with Gasteiger partial charge in [0.1, 0.15) is 0 Å². The van der Waals surface area contributed by atoms with E-state index >= 15 is 0 Å². The third-order valence-electron chi connectivity index (χ3n) is 4.04. The Morgan fingerprint density at radius 2 is 1.73 bits per heavy atom. The number of hydrogen-bond donors (Lipinski definition) is 0. The number of alkyl halides is 3. The first kappa shape index (κ1) is 17.2. The first-order chi connectivity index (χ1) is 10.4. The van der Waals surface area contributed by atoms with E-state index in [1.165, 1.54) is 6.07 Å². The van der Waals surface area contributed by atoms with E-state index in [0.717, 1.165) is 32.7 Å². The van der Waals surface area contributed by atoms with Crippen molar-refractivity contribution in [2.45, 2.75) is 19.6 Å². The van der Waals surface area contributed by atoms with Crippen molar-refractivity contribution in [1.82, 2.24) is 9.80 Å². The van der Waals surface area contributed by atoms with E-state index in [2.05, 4.69) is 9.80 Å². The van der Waals surface area contributed by atoms with Gasteiger partial charge in [-0.2, -0.15) is 13.2 Å². The molecule has 0 saturated carbocycles. The molecular formula is C16H23F3N2O. The Morgan fingerprint density at radius 1 is 1.09 bits per heavy atom. The van der Waals surface area contributed by atoms with Gasteiger partial charge in [0, 0.05) is 46.4 Å². The number of ether oxygens (including phenoxy) is 1. The Kier molecular flexibility index (Phi) is 5.83. The van der Waals surface area contributed by atoms with Gasteiger partial charge in [-0.15, -0.1) is 0 Å². The molecule has 0 aromatic heterocycles. The van der Waals surface area contributed by atoms with Crippen molar-refractivity contribution in [3.8, 4) is 0 Å². The van der Waals surface area contributed by atoms with Crippen LogP contribution in [0.4, 0.5) is 13.2 Å².